The molecule has 3 rings (SSSR count). The molecule has 0 unspecified atom stereocenters. The normalized spacial score (nSPS) is 18.9. The summed E-state index contributed by atoms with van der Waals surface area (Å²) in [6.45, 7) is 8.00. The summed E-state index contributed by atoms with van der Waals surface area (Å²) in [7, 11) is 0. The second kappa shape index (κ2) is 11.8. The molecule has 0 spiro atoms. The highest BCUT2D eigenvalue weighted by atomic mass is 16.5. The van der Waals surface area contributed by atoms with Gasteiger partial charge in [0, 0.05) is 19.1 Å². The predicted octanol–water partition coefficient (Wildman–Crippen LogP) is 5.30. The van der Waals surface area contributed by atoms with Crippen molar-refractivity contribution in [3.63, 3.8) is 0 Å². The Hall–Kier alpha value is -3.10. The highest BCUT2D eigenvalue weighted by molar-refractivity contribution is 6.02. The van der Waals surface area contributed by atoms with Crippen molar-refractivity contribution in [1.29, 1.82) is 0 Å². The summed E-state index contributed by atoms with van der Waals surface area (Å²) >= 11 is 0. The van der Waals surface area contributed by atoms with Gasteiger partial charge in [-0.15, -0.1) is 0 Å². The molecule has 36 heavy (non-hydrogen) atoms. The molecule has 0 saturated carbocycles. The largest absolute Gasteiger partial charge is 0.481 e. The monoisotopic (exact) mass is 497 g/mol. The number of primary amides is 1. The molecule has 0 bridgehead atoms. The minimum Gasteiger partial charge on any atom is -0.481 e. The number of anilines is 3. The summed E-state index contributed by atoms with van der Waals surface area (Å²) in [6, 6.07) is 12.7. The minimum absolute atomic E-state index is 0.00222. The molecule has 2 aromatic carbocycles. The summed E-state index contributed by atoms with van der Waals surface area (Å²) in [4.78, 5) is 25.8. The van der Waals surface area contributed by atoms with Gasteiger partial charge in [0.05, 0.1) is 35.2 Å². The third-order valence-electron chi connectivity index (χ3n) is 6.68. The number of hydrogen-bond donors (Lipinski definition) is 4. The van der Waals surface area contributed by atoms with E-state index in [4.69, 9.17) is 10.5 Å². The number of nitrogens with zero attached hydrogens (tertiary/aromatic N) is 1. The number of para-hydroxylation sites is 1. The number of amides is 2. The van der Waals surface area contributed by atoms with Crippen LogP contribution in [0.1, 0.15) is 69.9 Å². The molecule has 8 nitrogen and oxygen atoms in total. The van der Waals surface area contributed by atoms with E-state index in [0.717, 1.165) is 23.2 Å². The Labute approximate surface area is 213 Å². The van der Waals surface area contributed by atoms with Gasteiger partial charge in [0.15, 0.2) is 0 Å². The zero-order chi connectivity index (χ0) is 26.5. The Bertz CT molecular complexity index is 1070. The number of aliphatic carboxylic acids is 1. The predicted molar refractivity (Wildman–Crippen MR) is 142 cm³/mol. The second-order valence-electron chi connectivity index (χ2n) is 10.3. The third kappa shape index (κ3) is 7.21. The summed E-state index contributed by atoms with van der Waals surface area (Å²) in [5.41, 5.74) is 8.82. The van der Waals surface area contributed by atoms with Gasteiger partial charge in [-0.05, 0) is 75.3 Å². The van der Waals surface area contributed by atoms with E-state index in [9.17, 15) is 19.8 Å². The van der Waals surface area contributed by atoms with Gasteiger partial charge in [-0.3, -0.25) is 9.69 Å². The molecule has 2 amide bonds. The first kappa shape index (κ1) is 27.5. The zero-order valence-corrected chi connectivity index (χ0v) is 21.7. The van der Waals surface area contributed by atoms with Crippen molar-refractivity contribution in [2.75, 3.05) is 16.8 Å². The standard InChI is InChI=1S/C28H39N3O5/c1-5-19(15-26(32)33)20-10-11-23(30-21-12-13-36-22(16-21)17-28(3,4)35)25(14-20)31(27(29)34)24-9-7-6-8-18(24)2/h6-11,14,19,21-22,30,35H,5,12-13,15-17H2,1-4H3,(H2,29,34)(H,32,33)/t19-,21-,22-/m0/s1. The lowest BCUT2D eigenvalue weighted by atomic mass is 9.91. The number of ether oxygens (including phenoxy) is 1. The average Bonchev–Trinajstić information content (AvgIpc) is 2.78. The van der Waals surface area contributed by atoms with Crippen LogP contribution in [0.4, 0.5) is 21.9 Å². The smallest absolute Gasteiger partial charge is 0.323 e. The molecule has 0 aliphatic carbocycles. The van der Waals surface area contributed by atoms with Crippen LogP contribution in [-0.2, 0) is 9.53 Å². The Morgan fingerprint density at radius 1 is 1.22 bits per heavy atom. The fourth-order valence-corrected chi connectivity index (χ4v) is 4.93. The van der Waals surface area contributed by atoms with E-state index in [0.29, 0.717) is 37.2 Å². The molecule has 8 heteroatoms. The van der Waals surface area contributed by atoms with E-state index in [-0.39, 0.29) is 24.5 Å². The molecule has 0 radical (unpaired) electrons. The zero-order valence-electron chi connectivity index (χ0n) is 21.7. The van der Waals surface area contributed by atoms with Gasteiger partial charge >= 0.3 is 12.0 Å². The van der Waals surface area contributed by atoms with Gasteiger partial charge in [-0.2, -0.15) is 0 Å². The van der Waals surface area contributed by atoms with Crippen LogP contribution in [0.5, 0.6) is 0 Å². The maximum atomic E-state index is 12.8. The lowest BCUT2D eigenvalue weighted by Crippen LogP contribution is -2.38. The molecule has 1 saturated heterocycles. The number of carboxylic acids is 1. The van der Waals surface area contributed by atoms with Crippen molar-refractivity contribution in [2.45, 2.75) is 83.5 Å². The van der Waals surface area contributed by atoms with Crippen LogP contribution in [0.3, 0.4) is 0 Å². The Kier molecular flexibility index (Phi) is 8.98. The fraction of sp³-hybridized carbons (Fsp3) is 0.500. The van der Waals surface area contributed by atoms with Gasteiger partial charge in [-0.1, -0.05) is 31.2 Å². The molecular weight excluding hydrogens is 458 g/mol. The SMILES string of the molecule is CC[C@@H](CC(=O)O)c1ccc(N[C@H]2CCO[C@H](CC(C)(C)O)C2)c(N(C(N)=O)c2ccccc2C)c1. The maximum Gasteiger partial charge on any atom is 0.323 e. The van der Waals surface area contributed by atoms with Crippen LogP contribution in [0.15, 0.2) is 42.5 Å². The maximum absolute atomic E-state index is 12.8. The molecule has 1 heterocycles. The van der Waals surface area contributed by atoms with Crippen LogP contribution >= 0.6 is 0 Å². The van der Waals surface area contributed by atoms with Gasteiger partial charge in [0.25, 0.3) is 0 Å². The van der Waals surface area contributed by atoms with E-state index < -0.39 is 17.6 Å². The van der Waals surface area contributed by atoms with Gasteiger partial charge < -0.3 is 26.0 Å². The molecule has 3 atom stereocenters. The Balaban J connectivity index is 2.02. The first-order chi connectivity index (χ1) is 17.0. The molecular formula is C28H39N3O5. The van der Waals surface area contributed by atoms with Crippen LogP contribution in [0.2, 0.25) is 0 Å². The lowest BCUT2D eigenvalue weighted by Gasteiger charge is -2.35. The van der Waals surface area contributed by atoms with E-state index in [1.165, 1.54) is 4.90 Å². The average molecular weight is 498 g/mol. The van der Waals surface area contributed by atoms with E-state index in [1.807, 2.05) is 56.3 Å². The van der Waals surface area contributed by atoms with Crippen molar-refractivity contribution >= 4 is 29.1 Å². The highest BCUT2D eigenvalue weighted by Gasteiger charge is 2.29. The summed E-state index contributed by atoms with van der Waals surface area (Å²) in [5, 5.41) is 23.2. The fourth-order valence-electron chi connectivity index (χ4n) is 4.93. The van der Waals surface area contributed by atoms with Gasteiger partial charge in [0.2, 0.25) is 0 Å². The minimum atomic E-state index is -0.865. The third-order valence-corrected chi connectivity index (χ3v) is 6.68. The van der Waals surface area contributed by atoms with Crippen molar-refractivity contribution < 1.29 is 24.5 Å². The molecule has 1 fully saturated rings. The van der Waals surface area contributed by atoms with Crippen LogP contribution in [-0.4, -0.2) is 46.6 Å². The van der Waals surface area contributed by atoms with Gasteiger partial charge in [0.1, 0.15) is 0 Å². The summed E-state index contributed by atoms with van der Waals surface area (Å²) in [5.74, 6) is -1.06. The first-order valence-electron chi connectivity index (χ1n) is 12.6. The molecule has 5 N–H and O–H groups in total. The van der Waals surface area contributed by atoms with Crippen LogP contribution in [0, 0.1) is 6.92 Å². The number of carboxylic acid groups (broad SMARTS) is 1. The first-order valence-corrected chi connectivity index (χ1v) is 12.6. The number of carbonyl (C=O) groups excluding carboxylic acids is 1. The number of benzene rings is 2. The summed E-state index contributed by atoms with van der Waals surface area (Å²) in [6.07, 6.45) is 2.59. The number of hydrogen-bond acceptors (Lipinski definition) is 5. The molecule has 1 aliphatic heterocycles. The number of carbonyl (C=O) groups is 2. The molecule has 2 aromatic rings. The van der Waals surface area contributed by atoms with Crippen molar-refractivity contribution in [2.24, 2.45) is 5.73 Å². The Morgan fingerprint density at radius 2 is 1.94 bits per heavy atom. The molecule has 0 aromatic heterocycles. The number of rotatable bonds is 10. The number of urea groups is 1. The number of nitrogens with one attached hydrogen (secondary N) is 1. The molecule has 196 valence electrons. The second-order valence-corrected chi connectivity index (χ2v) is 10.3. The quantitative estimate of drug-likeness (QED) is 0.353. The highest BCUT2D eigenvalue weighted by Crippen LogP contribution is 2.38. The number of aryl methyl sites for hydroxylation is 1. The van der Waals surface area contributed by atoms with Crippen molar-refractivity contribution in [3.8, 4) is 0 Å². The number of aliphatic hydroxyl groups is 1. The van der Waals surface area contributed by atoms with Crippen molar-refractivity contribution in [1.82, 2.24) is 0 Å². The van der Waals surface area contributed by atoms with Crippen LogP contribution in [0.25, 0.3) is 0 Å². The van der Waals surface area contributed by atoms with E-state index >= 15 is 0 Å². The van der Waals surface area contributed by atoms with E-state index in [2.05, 4.69) is 5.32 Å². The van der Waals surface area contributed by atoms with Crippen LogP contribution < -0.4 is 16.0 Å². The summed E-state index contributed by atoms with van der Waals surface area (Å²) < 4.78 is 5.88. The molecule has 1 aliphatic rings. The number of nitrogens with two attached hydrogens (primary N) is 1. The van der Waals surface area contributed by atoms with Gasteiger partial charge in [-0.25, -0.2) is 4.79 Å². The topological polar surface area (TPSA) is 125 Å². The lowest BCUT2D eigenvalue weighted by molar-refractivity contribution is -0.137. The Morgan fingerprint density at radius 3 is 2.56 bits per heavy atom. The van der Waals surface area contributed by atoms with Crippen molar-refractivity contribution in [3.05, 3.63) is 53.6 Å². The van der Waals surface area contributed by atoms with E-state index in [1.54, 1.807) is 13.8 Å².